The van der Waals surface area contributed by atoms with Gasteiger partial charge in [0.25, 0.3) is 0 Å². The maximum atomic E-state index is 6.10. The zero-order chi connectivity index (χ0) is 19.2. The fourth-order valence-corrected chi connectivity index (χ4v) is 4.30. The number of nitrogens with one attached hydrogen (secondary N) is 2. The van der Waals surface area contributed by atoms with Gasteiger partial charge in [-0.1, -0.05) is 27.7 Å². The molecule has 0 aromatic heterocycles. The molecule has 0 amide bonds. The van der Waals surface area contributed by atoms with Crippen LogP contribution in [0.15, 0.2) is 4.99 Å². The molecule has 5 heteroatoms. The Bertz CT molecular complexity index is 438. The van der Waals surface area contributed by atoms with E-state index in [0.29, 0.717) is 18.1 Å². The van der Waals surface area contributed by atoms with Gasteiger partial charge in [0.15, 0.2) is 5.96 Å². The topological polar surface area (TPSA) is 48.9 Å². The second-order valence-electron chi connectivity index (χ2n) is 9.46. The summed E-state index contributed by atoms with van der Waals surface area (Å²) in [5.74, 6) is 2.35. The SMILES string of the molecule is CN=C(NCC1CCCOC1C(C)(C)C)NCC(C)N1CCC(C)CC1. The second-order valence-corrected chi connectivity index (χ2v) is 9.46. The van der Waals surface area contributed by atoms with E-state index in [-0.39, 0.29) is 5.41 Å². The Balaban J connectivity index is 1.76. The van der Waals surface area contributed by atoms with Crippen molar-refractivity contribution in [3.63, 3.8) is 0 Å². The predicted octanol–water partition coefficient (Wildman–Crippen LogP) is 3.11. The third-order valence-electron chi connectivity index (χ3n) is 6.06. The molecular formula is C21H42N4O. The second kappa shape index (κ2) is 9.93. The van der Waals surface area contributed by atoms with Gasteiger partial charge in [-0.15, -0.1) is 0 Å². The molecule has 2 aliphatic rings. The molecule has 152 valence electrons. The van der Waals surface area contributed by atoms with E-state index in [0.717, 1.165) is 38.0 Å². The van der Waals surface area contributed by atoms with Gasteiger partial charge in [-0.05, 0) is 57.0 Å². The summed E-state index contributed by atoms with van der Waals surface area (Å²) < 4.78 is 6.10. The van der Waals surface area contributed by atoms with E-state index >= 15 is 0 Å². The van der Waals surface area contributed by atoms with Crippen molar-refractivity contribution in [1.82, 2.24) is 15.5 Å². The summed E-state index contributed by atoms with van der Waals surface area (Å²) in [5.41, 5.74) is 0.184. The monoisotopic (exact) mass is 366 g/mol. The Labute approximate surface area is 161 Å². The minimum atomic E-state index is 0.184. The number of ether oxygens (including phenoxy) is 1. The summed E-state index contributed by atoms with van der Waals surface area (Å²) in [4.78, 5) is 7.03. The average molecular weight is 367 g/mol. The Morgan fingerprint density at radius 1 is 1.19 bits per heavy atom. The molecule has 0 spiro atoms. The first-order chi connectivity index (χ1) is 12.3. The molecule has 26 heavy (non-hydrogen) atoms. The molecule has 0 aromatic carbocycles. The van der Waals surface area contributed by atoms with E-state index in [9.17, 15) is 0 Å². The first kappa shape index (κ1) is 21.5. The average Bonchev–Trinajstić information content (AvgIpc) is 2.61. The third kappa shape index (κ3) is 6.41. The van der Waals surface area contributed by atoms with Crippen LogP contribution >= 0.6 is 0 Å². The number of nitrogens with zero attached hydrogens (tertiary/aromatic N) is 2. The number of piperidine rings is 1. The summed E-state index contributed by atoms with van der Waals surface area (Å²) in [6.45, 7) is 16.8. The highest BCUT2D eigenvalue weighted by Gasteiger charge is 2.35. The van der Waals surface area contributed by atoms with Crippen LogP contribution in [0, 0.1) is 17.3 Å². The molecule has 3 atom stereocenters. The molecule has 2 rings (SSSR count). The van der Waals surface area contributed by atoms with Crippen molar-refractivity contribution in [1.29, 1.82) is 0 Å². The molecule has 0 saturated carbocycles. The van der Waals surface area contributed by atoms with E-state index in [1.54, 1.807) is 0 Å². The Hall–Kier alpha value is -0.810. The molecule has 2 fully saturated rings. The first-order valence-electron chi connectivity index (χ1n) is 10.6. The van der Waals surface area contributed by atoms with Gasteiger partial charge in [-0.2, -0.15) is 0 Å². The highest BCUT2D eigenvalue weighted by atomic mass is 16.5. The lowest BCUT2D eigenvalue weighted by Gasteiger charge is -2.40. The molecule has 5 nitrogen and oxygen atoms in total. The van der Waals surface area contributed by atoms with Gasteiger partial charge in [-0.25, -0.2) is 0 Å². The number of aliphatic imine (C=N–C) groups is 1. The van der Waals surface area contributed by atoms with Gasteiger partial charge in [0.05, 0.1) is 6.10 Å². The zero-order valence-electron chi connectivity index (χ0n) is 18.0. The highest BCUT2D eigenvalue weighted by Crippen LogP contribution is 2.33. The van der Waals surface area contributed by atoms with Crippen molar-refractivity contribution in [2.75, 3.05) is 39.8 Å². The zero-order valence-corrected chi connectivity index (χ0v) is 18.0. The first-order valence-corrected chi connectivity index (χ1v) is 10.6. The summed E-state index contributed by atoms with van der Waals surface area (Å²) >= 11 is 0. The smallest absolute Gasteiger partial charge is 0.191 e. The Kier molecular flexibility index (Phi) is 8.21. The molecular weight excluding hydrogens is 324 g/mol. The predicted molar refractivity (Wildman–Crippen MR) is 111 cm³/mol. The third-order valence-corrected chi connectivity index (χ3v) is 6.06. The number of hydrogen-bond donors (Lipinski definition) is 2. The van der Waals surface area contributed by atoms with Crippen LogP contribution in [-0.4, -0.2) is 62.8 Å². The minimum absolute atomic E-state index is 0.184. The maximum Gasteiger partial charge on any atom is 0.191 e. The van der Waals surface area contributed by atoms with Crippen LogP contribution in [0.4, 0.5) is 0 Å². The maximum absolute atomic E-state index is 6.10. The number of guanidine groups is 1. The number of likely N-dealkylation sites (tertiary alicyclic amines) is 1. The van der Waals surface area contributed by atoms with Crippen LogP contribution in [0.5, 0.6) is 0 Å². The fraction of sp³-hybridized carbons (Fsp3) is 0.952. The lowest BCUT2D eigenvalue weighted by Crippen LogP contribution is -2.50. The van der Waals surface area contributed by atoms with Gasteiger partial charge < -0.3 is 15.4 Å². The van der Waals surface area contributed by atoms with Gasteiger partial charge in [0, 0.05) is 38.7 Å². The van der Waals surface area contributed by atoms with Crippen LogP contribution in [0.25, 0.3) is 0 Å². The quantitative estimate of drug-likeness (QED) is 0.580. The molecule has 0 bridgehead atoms. The van der Waals surface area contributed by atoms with E-state index < -0.39 is 0 Å². The molecule has 0 aromatic rings. The van der Waals surface area contributed by atoms with Crippen LogP contribution in [0.2, 0.25) is 0 Å². The molecule has 3 unspecified atom stereocenters. The van der Waals surface area contributed by atoms with Gasteiger partial charge >= 0.3 is 0 Å². The number of rotatable bonds is 5. The fourth-order valence-electron chi connectivity index (χ4n) is 4.30. The van der Waals surface area contributed by atoms with E-state index in [4.69, 9.17) is 4.74 Å². The molecule has 0 radical (unpaired) electrons. The summed E-state index contributed by atoms with van der Waals surface area (Å²) in [6, 6.07) is 0.543. The molecule has 2 saturated heterocycles. The largest absolute Gasteiger partial charge is 0.377 e. The molecule has 0 aliphatic carbocycles. The van der Waals surface area contributed by atoms with E-state index in [1.165, 1.54) is 32.4 Å². The summed E-state index contributed by atoms with van der Waals surface area (Å²) in [6.07, 6.45) is 5.36. The minimum Gasteiger partial charge on any atom is -0.377 e. The van der Waals surface area contributed by atoms with Crippen LogP contribution in [0.3, 0.4) is 0 Å². The van der Waals surface area contributed by atoms with Crippen molar-refractivity contribution in [3.8, 4) is 0 Å². The standard InChI is InChI=1S/C21H42N4O/c1-16-9-11-25(12-10-16)17(2)14-23-20(22-6)24-15-18-8-7-13-26-19(18)21(3,4)5/h16-19H,7-15H2,1-6H3,(H2,22,23,24). The van der Waals surface area contributed by atoms with Gasteiger partial charge in [0.2, 0.25) is 0 Å². The van der Waals surface area contributed by atoms with Crippen molar-refractivity contribution in [2.45, 2.75) is 72.4 Å². The van der Waals surface area contributed by atoms with Crippen molar-refractivity contribution in [3.05, 3.63) is 0 Å². The summed E-state index contributed by atoms with van der Waals surface area (Å²) in [7, 11) is 1.86. The van der Waals surface area contributed by atoms with Crippen molar-refractivity contribution in [2.24, 2.45) is 22.2 Å². The van der Waals surface area contributed by atoms with Crippen LogP contribution in [0.1, 0.15) is 60.3 Å². The highest BCUT2D eigenvalue weighted by molar-refractivity contribution is 5.79. The Morgan fingerprint density at radius 2 is 1.88 bits per heavy atom. The van der Waals surface area contributed by atoms with E-state index in [1.807, 2.05) is 7.05 Å². The van der Waals surface area contributed by atoms with E-state index in [2.05, 4.69) is 55.1 Å². The van der Waals surface area contributed by atoms with Gasteiger partial charge in [0.1, 0.15) is 0 Å². The molecule has 2 aliphatic heterocycles. The summed E-state index contributed by atoms with van der Waals surface area (Å²) in [5, 5.41) is 7.07. The lowest BCUT2D eigenvalue weighted by atomic mass is 9.78. The Morgan fingerprint density at radius 3 is 2.50 bits per heavy atom. The van der Waals surface area contributed by atoms with Crippen molar-refractivity contribution >= 4 is 5.96 Å². The molecule has 2 heterocycles. The van der Waals surface area contributed by atoms with Crippen LogP contribution < -0.4 is 10.6 Å². The van der Waals surface area contributed by atoms with Crippen molar-refractivity contribution < 1.29 is 4.74 Å². The number of hydrogen-bond acceptors (Lipinski definition) is 3. The van der Waals surface area contributed by atoms with Crippen LogP contribution in [-0.2, 0) is 4.74 Å². The molecule has 2 N–H and O–H groups in total. The lowest BCUT2D eigenvalue weighted by molar-refractivity contribution is -0.0835. The normalized spacial score (nSPS) is 28.0. The van der Waals surface area contributed by atoms with Gasteiger partial charge in [-0.3, -0.25) is 9.89 Å².